The van der Waals surface area contributed by atoms with Crippen LogP contribution in [-0.4, -0.2) is 18.8 Å². The fourth-order valence-electron chi connectivity index (χ4n) is 1.61. The average Bonchev–Trinajstić information content (AvgIpc) is 2.15. The topological polar surface area (TPSA) is 27.7 Å². The molecule has 0 N–H and O–H groups in total. The van der Waals surface area contributed by atoms with E-state index in [1.807, 2.05) is 30.3 Å². The van der Waals surface area contributed by atoms with Crippen LogP contribution in [0.1, 0.15) is 5.56 Å². The Balaban J connectivity index is 1.85. The first-order chi connectivity index (χ1) is 6.93. The summed E-state index contributed by atoms with van der Waals surface area (Å²) in [6.45, 7) is 0.608. The van der Waals surface area contributed by atoms with Gasteiger partial charge in [0.15, 0.2) is 6.10 Å². The molecule has 2 unspecified atom stereocenters. The fourth-order valence-corrected chi connectivity index (χ4v) is 1.61. The predicted octanol–water partition coefficient (Wildman–Crippen LogP) is 1.79. The summed E-state index contributed by atoms with van der Waals surface area (Å²) in [4.78, 5) is 9.57. The van der Waals surface area contributed by atoms with Crippen molar-refractivity contribution in [3.63, 3.8) is 0 Å². The fraction of sp³-hybridized carbons (Fsp3) is 0.273. The van der Waals surface area contributed by atoms with Gasteiger partial charge in [0, 0.05) is 5.56 Å². The van der Waals surface area contributed by atoms with Gasteiger partial charge in [-0.3, -0.25) is 0 Å². The van der Waals surface area contributed by atoms with Crippen molar-refractivity contribution in [2.24, 2.45) is 0 Å². The molecule has 3 nitrogen and oxygen atoms in total. The van der Waals surface area contributed by atoms with Crippen molar-refractivity contribution in [3.05, 3.63) is 35.9 Å². The van der Waals surface area contributed by atoms with E-state index in [0.717, 1.165) is 11.3 Å². The molecule has 0 saturated carbocycles. The van der Waals surface area contributed by atoms with Crippen LogP contribution < -0.4 is 4.74 Å². The zero-order valence-electron chi connectivity index (χ0n) is 7.55. The summed E-state index contributed by atoms with van der Waals surface area (Å²) in [6, 6.07) is 7.95. The maximum Gasteiger partial charge on any atom is 0.160 e. The molecule has 0 aromatic heterocycles. The Labute approximate surface area is 81.8 Å². The summed E-state index contributed by atoms with van der Waals surface area (Å²) in [5.41, 5.74) is 1.11. The number of fused-ring (bicyclic) bond motifs is 1. The van der Waals surface area contributed by atoms with Crippen LogP contribution in [0.25, 0.3) is 6.08 Å². The zero-order valence-corrected chi connectivity index (χ0v) is 7.55. The molecule has 0 radical (unpaired) electrons. The Kier molecular flexibility index (Phi) is 1.79. The average molecular weight is 190 g/mol. The number of rotatable bonds is 1. The summed E-state index contributed by atoms with van der Waals surface area (Å²) >= 11 is 0. The van der Waals surface area contributed by atoms with Crippen molar-refractivity contribution in [2.75, 3.05) is 6.61 Å². The molecule has 2 aliphatic heterocycles. The second-order valence-electron chi connectivity index (χ2n) is 3.40. The van der Waals surface area contributed by atoms with E-state index >= 15 is 0 Å². The van der Waals surface area contributed by atoms with Gasteiger partial charge in [0.25, 0.3) is 0 Å². The minimum Gasteiger partial charge on any atom is -0.483 e. The molecule has 1 aromatic rings. The largest absolute Gasteiger partial charge is 0.483 e. The highest BCUT2D eigenvalue weighted by Gasteiger charge is 2.32. The Bertz CT molecular complexity index is 369. The van der Waals surface area contributed by atoms with Crippen LogP contribution in [0.15, 0.2) is 30.3 Å². The van der Waals surface area contributed by atoms with E-state index < -0.39 is 0 Å². The molecule has 3 rings (SSSR count). The predicted molar refractivity (Wildman–Crippen MR) is 50.7 cm³/mol. The molecule has 0 amide bonds. The van der Waals surface area contributed by atoms with E-state index in [9.17, 15) is 0 Å². The molecule has 0 aliphatic carbocycles. The number of hydrogen-bond acceptors (Lipinski definition) is 3. The number of hydrogen-bond donors (Lipinski definition) is 0. The summed E-state index contributed by atoms with van der Waals surface area (Å²) in [5.74, 6) is 0.913. The smallest absolute Gasteiger partial charge is 0.160 e. The van der Waals surface area contributed by atoms with Crippen LogP contribution in [0.2, 0.25) is 0 Å². The third-order valence-corrected chi connectivity index (χ3v) is 2.44. The third kappa shape index (κ3) is 1.22. The molecule has 72 valence electrons. The molecular formula is C11H10O3. The monoisotopic (exact) mass is 190 g/mol. The Morgan fingerprint density at radius 2 is 2.07 bits per heavy atom. The first kappa shape index (κ1) is 8.03. The summed E-state index contributed by atoms with van der Waals surface area (Å²) < 4.78 is 5.74. The van der Waals surface area contributed by atoms with E-state index in [2.05, 4.69) is 11.0 Å². The van der Waals surface area contributed by atoms with Crippen LogP contribution in [0.3, 0.4) is 0 Å². The first-order valence-electron chi connectivity index (χ1n) is 4.66. The molecule has 3 heteroatoms. The van der Waals surface area contributed by atoms with Crippen molar-refractivity contribution in [2.45, 2.75) is 12.2 Å². The molecule has 1 aromatic carbocycles. The van der Waals surface area contributed by atoms with Gasteiger partial charge in [0.05, 0.1) is 0 Å². The Morgan fingerprint density at radius 3 is 2.86 bits per heavy atom. The molecule has 2 heterocycles. The lowest BCUT2D eigenvalue weighted by Gasteiger charge is -2.32. The lowest BCUT2D eigenvalue weighted by molar-refractivity contribution is -0.433. The molecule has 1 saturated heterocycles. The van der Waals surface area contributed by atoms with Gasteiger partial charge in [-0.25, -0.2) is 9.78 Å². The van der Waals surface area contributed by atoms with Crippen LogP contribution in [0.5, 0.6) is 5.75 Å². The lowest BCUT2D eigenvalue weighted by Crippen LogP contribution is -2.44. The Hall–Kier alpha value is -1.32. The molecule has 0 spiro atoms. The van der Waals surface area contributed by atoms with E-state index in [1.165, 1.54) is 0 Å². The van der Waals surface area contributed by atoms with Gasteiger partial charge < -0.3 is 4.74 Å². The van der Waals surface area contributed by atoms with Gasteiger partial charge in [-0.1, -0.05) is 24.3 Å². The van der Waals surface area contributed by atoms with Crippen LogP contribution in [-0.2, 0) is 9.78 Å². The highest BCUT2D eigenvalue weighted by atomic mass is 17.2. The number of benzene rings is 1. The summed E-state index contributed by atoms with van der Waals surface area (Å²) in [6.07, 6.45) is 4.10. The molecule has 14 heavy (non-hydrogen) atoms. The number of ether oxygens (including phenoxy) is 1. The minimum absolute atomic E-state index is 0.0151. The van der Waals surface area contributed by atoms with Gasteiger partial charge in [0.2, 0.25) is 0 Å². The highest BCUT2D eigenvalue weighted by molar-refractivity contribution is 5.59. The molecule has 2 aliphatic rings. The standard InChI is InChI=1S/C11H10O3/c1-2-4-9-8(3-1)5-6-10(13-9)11-7-12-14-11/h1-6,10-11H,7H2. The molecule has 2 atom stereocenters. The normalized spacial score (nSPS) is 28.9. The summed E-state index contributed by atoms with van der Waals surface area (Å²) in [7, 11) is 0. The van der Waals surface area contributed by atoms with Crippen molar-refractivity contribution in [1.29, 1.82) is 0 Å². The Morgan fingerprint density at radius 1 is 1.21 bits per heavy atom. The SMILES string of the molecule is C1=CC(C2COO2)Oc2ccccc21. The van der Waals surface area contributed by atoms with E-state index in [0.29, 0.717) is 6.61 Å². The minimum atomic E-state index is -0.0151. The molecular weight excluding hydrogens is 180 g/mol. The summed E-state index contributed by atoms with van der Waals surface area (Å²) in [5, 5.41) is 0. The van der Waals surface area contributed by atoms with Gasteiger partial charge in [0.1, 0.15) is 18.5 Å². The maximum atomic E-state index is 5.74. The maximum absolute atomic E-state index is 5.74. The van der Waals surface area contributed by atoms with Gasteiger partial charge in [-0.05, 0) is 12.1 Å². The third-order valence-electron chi connectivity index (χ3n) is 2.44. The number of para-hydroxylation sites is 1. The van der Waals surface area contributed by atoms with Gasteiger partial charge >= 0.3 is 0 Å². The lowest BCUT2D eigenvalue weighted by atomic mass is 10.1. The van der Waals surface area contributed by atoms with E-state index in [-0.39, 0.29) is 12.2 Å². The van der Waals surface area contributed by atoms with E-state index in [1.54, 1.807) is 0 Å². The quantitative estimate of drug-likeness (QED) is 0.632. The van der Waals surface area contributed by atoms with Gasteiger partial charge in [-0.2, -0.15) is 0 Å². The first-order valence-corrected chi connectivity index (χ1v) is 4.66. The zero-order chi connectivity index (χ0) is 9.38. The molecule has 1 fully saturated rings. The highest BCUT2D eigenvalue weighted by Crippen LogP contribution is 2.28. The van der Waals surface area contributed by atoms with Crippen molar-refractivity contribution in [3.8, 4) is 5.75 Å². The van der Waals surface area contributed by atoms with Crippen molar-refractivity contribution >= 4 is 6.08 Å². The van der Waals surface area contributed by atoms with Crippen LogP contribution >= 0.6 is 0 Å². The van der Waals surface area contributed by atoms with Crippen LogP contribution in [0, 0.1) is 0 Å². The second kappa shape index (κ2) is 3.12. The van der Waals surface area contributed by atoms with Crippen LogP contribution in [0.4, 0.5) is 0 Å². The van der Waals surface area contributed by atoms with E-state index in [4.69, 9.17) is 9.62 Å². The van der Waals surface area contributed by atoms with Gasteiger partial charge in [-0.15, -0.1) is 0 Å². The molecule has 0 bridgehead atoms. The second-order valence-corrected chi connectivity index (χ2v) is 3.40. The van der Waals surface area contributed by atoms with Crippen molar-refractivity contribution < 1.29 is 14.5 Å². The van der Waals surface area contributed by atoms with Crippen molar-refractivity contribution in [1.82, 2.24) is 0 Å².